The molecule has 2 aromatic heterocycles. The Morgan fingerprint density at radius 3 is 2.40 bits per heavy atom. The van der Waals surface area contributed by atoms with E-state index in [0.717, 1.165) is 33.3 Å². The normalized spacial score (nSPS) is 10.9. The lowest BCUT2D eigenvalue weighted by Crippen LogP contribution is -2.16. The van der Waals surface area contributed by atoms with Crippen molar-refractivity contribution in [3.05, 3.63) is 76.3 Å². The highest BCUT2D eigenvalue weighted by atomic mass is 32.1. The second kappa shape index (κ2) is 8.16. The number of rotatable bonds is 5. The molecule has 0 saturated heterocycles. The van der Waals surface area contributed by atoms with E-state index >= 15 is 0 Å². The van der Waals surface area contributed by atoms with Gasteiger partial charge in [-0.3, -0.25) is 14.6 Å². The highest BCUT2D eigenvalue weighted by molar-refractivity contribution is 7.18. The molecule has 0 aliphatic rings. The Kier molecular flexibility index (Phi) is 5.42. The van der Waals surface area contributed by atoms with Crippen LogP contribution in [-0.4, -0.2) is 21.7 Å². The van der Waals surface area contributed by atoms with Crippen molar-refractivity contribution in [1.82, 2.24) is 9.97 Å². The van der Waals surface area contributed by atoms with Crippen LogP contribution < -0.4 is 5.32 Å². The van der Waals surface area contributed by atoms with Gasteiger partial charge in [0.15, 0.2) is 10.9 Å². The van der Waals surface area contributed by atoms with Crippen molar-refractivity contribution in [3.63, 3.8) is 0 Å². The Morgan fingerprint density at radius 1 is 0.967 bits per heavy atom. The van der Waals surface area contributed by atoms with Crippen molar-refractivity contribution >= 4 is 39.1 Å². The van der Waals surface area contributed by atoms with Crippen LogP contribution in [0.25, 0.3) is 22.2 Å². The molecular formula is C24H21N3O2S. The minimum absolute atomic E-state index is 0.0720. The van der Waals surface area contributed by atoms with Gasteiger partial charge in [0.2, 0.25) is 5.91 Å². The third-order valence-electron chi connectivity index (χ3n) is 5.06. The molecule has 0 bridgehead atoms. The summed E-state index contributed by atoms with van der Waals surface area (Å²) < 4.78 is 0. The van der Waals surface area contributed by atoms with Gasteiger partial charge in [0.1, 0.15) is 0 Å². The van der Waals surface area contributed by atoms with Gasteiger partial charge in [0, 0.05) is 23.6 Å². The van der Waals surface area contributed by atoms with Crippen molar-refractivity contribution in [2.75, 3.05) is 5.32 Å². The number of aryl methyl sites for hydroxylation is 2. The van der Waals surface area contributed by atoms with Gasteiger partial charge in [-0.05, 0) is 31.0 Å². The lowest BCUT2D eigenvalue weighted by atomic mass is 9.99. The summed E-state index contributed by atoms with van der Waals surface area (Å²) in [5.74, 6) is -0.251. The molecule has 2 heterocycles. The van der Waals surface area contributed by atoms with E-state index in [2.05, 4.69) is 15.3 Å². The molecule has 0 aliphatic heterocycles. The number of carbonyl (C=O) groups is 2. The quantitative estimate of drug-likeness (QED) is 0.446. The number of amides is 1. The van der Waals surface area contributed by atoms with Crippen LogP contribution in [0, 0.1) is 13.8 Å². The van der Waals surface area contributed by atoms with Crippen LogP contribution >= 0.6 is 11.3 Å². The Morgan fingerprint density at radius 2 is 1.67 bits per heavy atom. The molecule has 0 spiro atoms. The van der Waals surface area contributed by atoms with E-state index in [1.807, 2.05) is 68.4 Å². The third-order valence-corrected chi connectivity index (χ3v) is 6.14. The maximum atomic E-state index is 12.8. The lowest BCUT2D eigenvalue weighted by Gasteiger charge is -2.12. The highest BCUT2D eigenvalue weighted by Crippen LogP contribution is 2.32. The molecule has 0 unspecified atom stereocenters. The zero-order valence-electron chi connectivity index (χ0n) is 17.0. The molecule has 0 fully saturated rings. The number of nitrogens with zero attached hydrogens (tertiary/aromatic N) is 2. The van der Waals surface area contributed by atoms with Crippen molar-refractivity contribution in [2.45, 2.75) is 27.2 Å². The van der Waals surface area contributed by atoms with Gasteiger partial charge in [-0.15, -0.1) is 0 Å². The van der Waals surface area contributed by atoms with E-state index in [0.29, 0.717) is 15.7 Å². The second-order valence-corrected chi connectivity index (χ2v) is 8.16. The van der Waals surface area contributed by atoms with E-state index in [9.17, 15) is 9.59 Å². The fourth-order valence-corrected chi connectivity index (χ4v) is 4.46. The van der Waals surface area contributed by atoms with E-state index in [1.54, 1.807) is 0 Å². The van der Waals surface area contributed by atoms with Crippen molar-refractivity contribution in [3.8, 4) is 11.3 Å². The number of benzene rings is 2. The smallest absolute Gasteiger partial charge is 0.230 e. The summed E-state index contributed by atoms with van der Waals surface area (Å²) in [6, 6.07) is 17.4. The molecule has 1 amide bonds. The number of ketones is 1. The largest absolute Gasteiger partial charge is 0.302 e. The number of nitrogens with one attached hydrogen (secondary N) is 1. The first kappa shape index (κ1) is 19.9. The molecule has 150 valence electrons. The molecule has 0 aliphatic carbocycles. The van der Waals surface area contributed by atoms with Crippen LogP contribution in [0.1, 0.15) is 33.4 Å². The molecule has 0 saturated carbocycles. The molecular weight excluding hydrogens is 394 g/mol. The number of aromatic nitrogens is 2. The predicted octanol–water partition coefficient (Wildman–Crippen LogP) is 5.36. The fraction of sp³-hybridized carbons (Fsp3) is 0.167. The number of para-hydroxylation sites is 1. The summed E-state index contributed by atoms with van der Waals surface area (Å²) in [5, 5.41) is 4.34. The number of thiazole rings is 1. The van der Waals surface area contributed by atoms with Gasteiger partial charge in [-0.2, -0.15) is 0 Å². The molecule has 1 N–H and O–H groups in total. The van der Waals surface area contributed by atoms with Gasteiger partial charge in [0.05, 0.1) is 22.5 Å². The molecule has 30 heavy (non-hydrogen) atoms. The predicted molar refractivity (Wildman–Crippen MR) is 121 cm³/mol. The highest BCUT2D eigenvalue weighted by Gasteiger charge is 2.19. The van der Waals surface area contributed by atoms with Gasteiger partial charge < -0.3 is 5.32 Å². The summed E-state index contributed by atoms with van der Waals surface area (Å²) in [7, 11) is 0. The van der Waals surface area contributed by atoms with Crippen molar-refractivity contribution in [1.29, 1.82) is 0 Å². The van der Waals surface area contributed by atoms with Crippen LogP contribution in [0.4, 0.5) is 5.13 Å². The van der Waals surface area contributed by atoms with Crippen molar-refractivity contribution in [2.24, 2.45) is 0 Å². The number of anilines is 1. The summed E-state index contributed by atoms with van der Waals surface area (Å²) >= 11 is 1.20. The zero-order chi connectivity index (χ0) is 21.3. The standard InChI is InChI=1S/C24H21N3O2S/c1-14-18-11-7-8-12-20(18)25-15(2)19(14)13-21(29)26-24-27-22(23(30-24)16(3)28)17-9-5-4-6-10-17/h4-12H,13H2,1-3H3,(H,26,27,29). The number of Topliss-reactive ketones (excluding diaryl/α,β-unsaturated/α-hetero) is 1. The van der Waals surface area contributed by atoms with E-state index in [-0.39, 0.29) is 18.1 Å². The van der Waals surface area contributed by atoms with Gasteiger partial charge >= 0.3 is 0 Å². The number of hydrogen-bond donors (Lipinski definition) is 1. The van der Waals surface area contributed by atoms with Gasteiger partial charge in [0.25, 0.3) is 0 Å². The van der Waals surface area contributed by atoms with Crippen LogP contribution in [0.5, 0.6) is 0 Å². The number of fused-ring (bicyclic) bond motifs is 1. The summed E-state index contributed by atoms with van der Waals surface area (Å²) in [6.07, 6.45) is 0.200. The second-order valence-electron chi connectivity index (χ2n) is 7.16. The Balaban J connectivity index is 1.61. The molecule has 4 aromatic rings. The monoisotopic (exact) mass is 415 g/mol. The zero-order valence-corrected chi connectivity index (χ0v) is 17.8. The Labute approximate surface area is 178 Å². The Bertz CT molecular complexity index is 1260. The summed E-state index contributed by atoms with van der Waals surface area (Å²) in [6.45, 7) is 5.45. The average Bonchev–Trinajstić information content (AvgIpc) is 3.16. The van der Waals surface area contributed by atoms with E-state index in [4.69, 9.17) is 0 Å². The molecule has 2 aromatic carbocycles. The number of hydrogen-bond acceptors (Lipinski definition) is 5. The minimum Gasteiger partial charge on any atom is -0.302 e. The maximum Gasteiger partial charge on any atom is 0.230 e. The summed E-state index contributed by atoms with van der Waals surface area (Å²) in [5.41, 5.74) is 5.19. The fourth-order valence-electron chi connectivity index (χ4n) is 3.56. The average molecular weight is 416 g/mol. The van der Waals surface area contributed by atoms with Gasteiger partial charge in [-0.1, -0.05) is 59.9 Å². The van der Waals surface area contributed by atoms with Crippen LogP contribution in [0.2, 0.25) is 0 Å². The van der Waals surface area contributed by atoms with Gasteiger partial charge in [-0.25, -0.2) is 4.98 Å². The van der Waals surface area contributed by atoms with E-state index in [1.165, 1.54) is 18.3 Å². The molecule has 0 radical (unpaired) electrons. The van der Waals surface area contributed by atoms with Crippen LogP contribution in [0.15, 0.2) is 54.6 Å². The minimum atomic E-state index is -0.179. The molecule has 4 rings (SSSR count). The first-order valence-electron chi connectivity index (χ1n) is 9.66. The molecule has 5 nitrogen and oxygen atoms in total. The lowest BCUT2D eigenvalue weighted by molar-refractivity contribution is -0.115. The number of pyridine rings is 1. The Hall–Kier alpha value is -3.38. The first-order chi connectivity index (χ1) is 14.4. The third kappa shape index (κ3) is 3.86. The van der Waals surface area contributed by atoms with Crippen LogP contribution in [-0.2, 0) is 11.2 Å². The topological polar surface area (TPSA) is 72.0 Å². The maximum absolute atomic E-state index is 12.8. The number of carbonyl (C=O) groups excluding carboxylic acids is 2. The molecule has 6 heteroatoms. The molecule has 0 atom stereocenters. The van der Waals surface area contributed by atoms with Crippen molar-refractivity contribution < 1.29 is 9.59 Å². The van der Waals surface area contributed by atoms with Crippen LogP contribution in [0.3, 0.4) is 0 Å². The summed E-state index contributed by atoms with van der Waals surface area (Å²) in [4.78, 5) is 34.6. The SMILES string of the molecule is CC(=O)c1sc(NC(=O)Cc2c(C)nc3ccccc3c2C)nc1-c1ccccc1. The first-order valence-corrected chi connectivity index (χ1v) is 10.5. The van der Waals surface area contributed by atoms with E-state index < -0.39 is 0 Å².